The van der Waals surface area contributed by atoms with Crippen LogP contribution in [-0.2, 0) is 9.59 Å². The van der Waals surface area contributed by atoms with Crippen molar-refractivity contribution in [2.24, 2.45) is 11.8 Å². The molecule has 1 saturated carbocycles. The summed E-state index contributed by atoms with van der Waals surface area (Å²) in [6.45, 7) is 2.75. The lowest BCUT2D eigenvalue weighted by Gasteiger charge is -2.33. The Morgan fingerprint density at radius 2 is 2.10 bits per heavy atom. The number of H-pyrrole nitrogens is 1. The minimum Gasteiger partial charge on any atom is -0.339 e. The Hall–Kier alpha value is -1.99. The van der Waals surface area contributed by atoms with Gasteiger partial charge in [0, 0.05) is 19.0 Å². The molecule has 0 bridgehead atoms. The van der Waals surface area contributed by atoms with Gasteiger partial charge in [-0.2, -0.15) is 5.21 Å². The number of aromatic amines is 1. The van der Waals surface area contributed by atoms with Crippen LogP contribution in [0.4, 0.5) is 5.95 Å². The maximum Gasteiger partial charge on any atom is 0.269 e. The van der Waals surface area contributed by atoms with Crippen LogP contribution < -0.4 is 5.32 Å². The summed E-state index contributed by atoms with van der Waals surface area (Å²) in [5.74, 6) is 0.447. The molecule has 2 fully saturated rings. The average molecular weight is 292 g/mol. The summed E-state index contributed by atoms with van der Waals surface area (Å²) in [5.41, 5.74) is 0. The van der Waals surface area contributed by atoms with E-state index in [2.05, 4.69) is 32.9 Å². The van der Waals surface area contributed by atoms with Crippen LogP contribution in [0, 0.1) is 11.8 Å². The third-order valence-electron chi connectivity index (χ3n) is 4.54. The highest BCUT2D eigenvalue weighted by atomic mass is 16.2. The van der Waals surface area contributed by atoms with Crippen LogP contribution in [0.5, 0.6) is 0 Å². The molecule has 21 heavy (non-hydrogen) atoms. The molecule has 1 aliphatic carbocycles. The highest BCUT2D eigenvalue weighted by molar-refractivity contribution is 5.96. The number of nitrogens with one attached hydrogen (secondary N) is 2. The maximum atomic E-state index is 12.2. The molecule has 0 unspecified atom stereocenters. The molecule has 0 spiro atoms. The molecule has 1 atom stereocenters. The minimum absolute atomic E-state index is 0.0859. The minimum atomic E-state index is -0.324. The maximum absolute atomic E-state index is 12.2. The zero-order chi connectivity index (χ0) is 14.8. The molecule has 0 aromatic carbocycles. The molecular formula is C13H20N6O2. The quantitative estimate of drug-likeness (QED) is 0.847. The summed E-state index contributed by atoms with van der Waals surface area (Å²) in [4.78, 5) is 26.2. The Morgan fingerprint density at radius 1 is 1.33 bits per heavy atom. The van der Waals surface area contributed by atoms with Gasteiger partial charge in [0.25, 0.3) is 5.95 Å². The standard InChI is InChI=1S/C13H20N6O2/c1-8-2-4-10(5-3-8)19-7-9(6-11(19)20)12(21)14-13-15-17-18-16-13/h8-10H,2-7H2,1H3,(H2,14,15,16,17,18,21)/t8?,9-,10?/m1/s1. The zero-order valence-electron chi connectivity index (χ0n) is 12.1. The van der Waals surface area contributed by atoms with Crippen molar-refractivity contribution < 1.29 is 9.59 Å². The molecule has 114 valence electrons. The summed E-state index contributed by atoms with van der Waals surface area (Å²) in [5, 5.41) is 15.6. The number of rotatable bonds is 3. The van der Waals surface area contributed by atoms with Crippen LogP contribution >= 0.6 is 0 Å². The highest BCUT2D eigenvalue weighted by Gasteiger charge is 2.38. The number of hydrogen-bond acceptors (Lipinski definition) is 5. The van der Waals surface area contributed by atoms with Crippen LogP contribution in [0.15, 0.2) is 0 Å². The molecule has 2 N–H and O–H groups in total. The second kappa shape index (κ2) is 5.79. The van der Waals surface area contributed by atoms with E-state index in [0.717, 1.165) is 31.6 Å². The first kappa shape index (κ1) is 14.0. The Bertz CT molecular complexity index is 509. The van der Waals surface area contributed by atoms with E-state index >= 15 is 0 Å². The van der Waals surface area contributed by atoms with Crippen LogP contribution in [0.2, 0.25) is 0 Å². The molecule has 2 aliphatic rings. The number of hydrogen-bond donors (Lipinski definition) is 2. The Morgan fingerprint density at radius 3 is 2.76 bits per heavy atom. The van der Waals surface area contributed by atoms with Crippen molar-refractivity contribution in [2.75, 3.05) is 11.9 Å². The monoisotopic (exact) mass is 292 g/mol. The number of tetrazole rings is 1. The van der Waals surface area contributed by atoms with Gasteiger partial charge in [0.2, 0.25) is 11.8 Å². The van der Waals surface area contributed by atoms with Gasteiger partial charge in [-0.15, -0.1) is 5.10 Å². The lowest BCUT2D eigenvalue weighted by molar-refractivity contribution is -0.130. The van der Waals surface area contributed by atoms with Gasteiger partial charge in [-0.25, -0.2) is 0 Å². The number of anilines is 1. The van der Waals surface area contributed by atoms with E-state index in [0.29, 0.717) is 12.6 Å². The first-order chi connectivity index (χ1) is 10.1. The fourth-order valence-corrected chi connectivity index (χ4v) is 3.24. The van der Waals surface area contributed by atoms with E-state index in [9.17, 15) is 9.59 Å². The second-order valence-electron chi connectivity index (χ2n) is 6.09. The van der Waals surface area contributed by atoms with Crippen LogP contribution in [-0.4, -0.2) is 49.9 Å². The van der Waals surface area contributed by atoms with Crippen molar-refractivity contribution in [3.63, 3.8) is 0 Å². The van der Waals surface area contributed by atoms with Crippen LogP contribution in [0.25, 0.3) is 0 Å². The van der Waals surface area contributed by atoms with Crippen LogP contribution in [0.3, 0.4) is 0 Å². The van der Waals surface area contributed by atoms with Crippen molar-refractivity contribution in [1.82, 2.24) is 25.5 Å². The normalized spacial score (nSPS) is 29.7. The van der Waals surface area contributed by atoms with Gasteiger partial charge in [-0.05, 0) is 36.8 Å². The highest BCUT2D eigenvalue weighted by Crippen LogP contribution is 2.31. The number of carbonyl (C=O) groups is 2. The van der Waals surface area contributed by atoms with E-state index < -0.39 is 0 Å². The lowest BCUT2D eigenvalue weighted by atomic mass is 9.87. The van der Waals surface area contributed by atoms with Gasteiger partial charge in [-0.3, -0.25) is 14.9 Å². The average Bonchev–Trinajstić information content (AvgIpc) is 3.09. The molecule has 1 aliphatic heterocycles. The predicted octanol–water partition coefficient (Wildman–Crippen LogP) is 0.565. The fraction of sp³-hybridized carbons (Fsp3) is 0.769. The number of amides is 2. The van der Waals surface area contributed by atoms with Crippen molar-refractivity contribution in [3.8, 4) is 0 Å². The molecule has 1 aromatic heterocycles. The summed E-state index contributed by atoms with van der Waals surface area (Å²) >= 11 is 0. The Balaban J connectivity index is 1.58. The predicted molar refractivity (Wildman–Crippen MR) is 74.0 cm³/mol. The van der Waals surface area contributed by atoms with E-state index in [-0.39, 0.29) is 30.1 Å². The first-order valence-corrected chi connectivity index (χ1v) is 7.47. The largest absolute Gasteiger partial charge is 0.339 e. The smallest absolute Gasteiger partial charge is 0.269 e. The Kier molecular flexibility index (Phi) is 3.85. The molecule has 1 saturated heterocycles. The van der Waals surface area contributed by atoms with E-state index in [4.69, 9.17) is 0 Å². The van der Waals surface area contributed by atoms with Crippen molar-refractivity contribution >= 4 is 17.8 Å². The third-order valence-corrected chi connectivity index (χ3v) is 4.54. The number of aromatic nitrogens is 4. The lowest BCUT2D eigenvalue weighted by Crippen LogP contribution is -2.39. The van der Waals surface area contributed by atoms with Gasteiger partial charge in [-0.1, -0.05) is 12.0 Å². The SMILES string of the molecule is CC1CCC(N2C[C@H](C(=O)Nc3nn[nH]n3)CC2=O)CC1. The zero-order valence-corrected chi connectivity index (χ0v) is 12.1. The van der Waals surface area contributed by atoms with E-state index in [1.165, 1.54) is 0 Å². The van der Waals surface area contributed by atoms with Gasteiger partial charge in [0.1, 0.15) is 0 Å². The van der Waals surface area contributed by atoms with Gasteiger partial charge < -0.3 is 4.90 Å². The third kappa shape index (κ3) is 3.03. The number of likely N-dealkylation sites (tertiary alicyclic amines) is 1. The number of nitrogens with zero attached hydrogens (tertiary/aromatic N) is 4. The summed E-state index contributed by atoms with van der Waals surface area (Å²) in [6.07, 6.45) is 4.69. The molecule has 2 heterocycles. The molecule has 1 aromatic rings. The molecule has 2 amide bonds. The summed E-state index contributed by atoms with van der Waals surface area (Å²) in [6, 6.07) is 0.302. The Labute approximate surface area is 122 Å². The van der Waals surface area contributed by atoms with E-state index in [1.807, 2.05) is 4.90 Å². The molecule has 3 rings (SSSR count). The van der Waals surface area contributed by atoms with Crippen molar-refractivity contribution in [3.05, 3.63) is 0 Å². The van der Waals surface area contributed by atoms with Crippen molar-refractivity contribution in [2.45, 2.75) is 45.1 Å². The molecule has 0 radical (unpaired) electrons. The van der Waals surface area contributed by atoms with Gasteiger partial charge >= 0.3 is 0 Å². The van der Waals surface area contributed by atoms with Gasteiger partial charge in [0.15, 0.2) is 0 Å². The summed E-state index contributed by atoms with van der Waals surface area (Å²) < 4.78 is 0. The molecule has 8 nitrogen and oxygen atoms in total. The second-order valence-corrected chi connectivity index (χ2v) is 6.09. The summed E-state index contributed by atoms with van der Waals surface area (Å²) in [7, 11) is 0. The number of carbonyl (C=O) groups excluding carboxylic acids is 2. The van der Waals surface area contributed by atoms with E-state index in [1.54, 1.807) is 0 Å². The molecular weight excluding hydrogens is 272 g/mol. The molecule has 8 heteroatoms. The fourth-order valence-electron chi connectivity index (χ4n) is 3.24. The van der Waals surface area contributed by atoms with Gasteiger partial charge in [0.05, 0.1) is 5.92 Å². The topological polar surface area (TPSA) is 104 Å². The van der Waals surface area contributed by atoms with Crippen molar-refractivity contribution in [1.29, 1.82) is 0 Å². The first-order valence-electron chi connectivity index (χ1n) is 7.47. The van der Waals surface area contributed by atoms with Crippen LogP contribution in [0.1, 0.15) is 39.0 Å².